The van der Waals surface area contributed by atoms with Crippen LogP contribution in [0.4, 0.5) is 20.7 Å². The summed E-state index contributed by atoms with van der Waals surface area (Å²) in [6.07, 6.45) is 5.61. The molecule has 4 rings (SSSR count). The van der Waals surface area contributed by atoms with Crippen LogP contribution in [0.15, 0.2) is 84.1 Å². The van der Waals surface area contributed by atoms with Crippen molar-refractivity contribution in [3.8, 4) is 11.8 Å². The molecule has 0 aliphatic heterocycles. The van der Waals surface area contributed by atoms with Gasteiger partial charge in [0.2, 0.25) is 0 Å². The third-order valence-electron chi connectivity index (χ3n) is 5.09. The molecule has 3 N–H and O–H groups in total. The standard InChI is InChI=1S/C26H23FN6O3S/c1-33-16-13-25(31-33)32-37(35,36)24-11-10-23(17-21(24)7-4-19-5-8-22(27)9-6-19)30-26(34)29-15-12-20-3-2-14-28-18-20/h2-3,5-6,8-11,13-14,16-18H,12,15H2,1H3,(H,31,32)(H2,29,30,34). The second-order valence-electron chi connectivity index (χ2n) is 7.94. The molecule has 0 fully saturated rings. The van der Waals surface area contributed by atoms with E-state index in [9.17, 15) is 17.6 Å². The van der Waals surface area contributed by atoms with Crippen molar-refractivity contribution in [3.63, 3.8) is 0 Å². The number of pyridine rings is 1. The number of rotatable bonds is 7. The summed E-state index contributed by atoms with van der Waals surface area (Å²) in [6.45, 7) is 0.384. The van der Waals surface area contributed by atoms with Crippen LogP contribution in [0.5, 0.6) is 0 Å². The number of carbonyl (C=O) groups excluding carboxylic acids is 1. The highest BCUT2D eigenvalue weighted by Gasteiger charge is 2.20. The number of nitrogens with one attached hydrogen (secondary N) is 3. The minimum absolute atomic E-state index is 0.102. The van der Waals surface area contributed by atoms with Crippen LogP contribution in [0.1, 0.15) is 16.7 Å². The number of amides is 2. The maximum absolute atomic E-state index is 13.2. The number of anilines is 2. The Hall–Kier alpha value is -4.69. The van der Waals surface area contributed by atoms with Crippen molar-refractivity contribution < 1.29 is 17.6 Å². The molecule has 0 aliphatic rings. The van der Waals surface area contributed by atoms with E-state index in [1.54, 1.807) is 25.6 Å². The number of benzene rings is 2. The minimum Gasteiger partial charge on any atom is -0.338 e. The van der Waals surface area contributed by atoms with Crippen LogP contribution in [-0.2, 0) is 23.5 Å². The summed E-state index contributed by atoms with van der Waals surface area (Å²) in [4.78, 5) is 16.3. The van der Waals surface area contributed by atoms with Gasteiger partial charge in [-0.25, -0.2) is 17.6 Å². The summed E-state index contributed by atoms with van der Waals surface area (Å²) in [6, 6.07) is 14.6. The molecule has 0 spiro atoms. The van der Waals surface area contributed by atoms with Gasteiger partial charge in [0.1, 0.15) is 10.7 Å². The molecule has 11 heteroatoms. The Balaban J connectivity index is 1.55. The molecular formula is C26H23FN6O3S. The average Bonchev–Trinajstić information content (AvgIpc) is 3.28. The molecule has 9 nitrogen and oxygen atoms in total. The van der Waals surface area contributed by atoms with E-state index in [1.807, 2.05) is 12.1 Å². The number of hydrogen-bond donors (Lipinski definition) is 3. The van der Waals surface area contributed by atoms with E-state index in [-0.39, 0.29) is 16.3 Å². The van der Waals surface area contributed by atoms with E-state index >= 15 is 0 Å². The van der Waals surface area contributed by atoms with Gasteiger partial charge in [0.15, 0.2) is 5.82 Å². The van der Waals surface area contributed by atoms with Crippen LogP contribution in [0.3, 0.4) is 0 Å². The SMILES string of the molecule is Cn1ccc(NS(=O)(=O)c2ccc(NC(=O)NCCc3cccnc3)cc2C#Cc2ccc(F)cc2)n1. The van der Waals surface area contributed by atoms with E-state index in [0.29, 0.717) is 24.2 Å². The van der Waals surface area contributed by atoms with Gasteiger partial charge in [-0.1, -0.05) is 17.9 Å². The molecule has 0 aliphatic carbocycles. The number of urea groups is 1. The molecule has 37 heavy (non-hydrogen) atoms. The fourth-order valence-electron chi connectivity index (χ4n) is 3.32. The third-order valence-corrected chi connectivity index (χ3v) is 6.50. The second-order valence-corrected chi connectivity index (χ2v) is 9.59. The summed E-state index contributed by atoms with van der Waals surface area (Å²) < 4.78 is 43.4. The monoisotopic (exact) mass is 518 g/mol. The Labute approximate surface area is 213 Å². The van der Waals surface area contributed by atoms with Gasteiger partial charge in [-0.05, 0) is 60.5 Å². The Bertz CT molecular complexity index is 1560. The lowest BCUT2D eigenvalue weighted by molar-refractivity contribution is 0.252. The lowest BCUT2D eigenvalue weighted by atomic mass is 10.1. The Kier molecular flexibility index (Phi) is 7.80. The fourth-order valence-corrected chi connectivity index (χ4v) is 4.46. The Morgan fingerprint density at radius 3 is 2.59 bits per heavy atom. The number of halogens is 1. The van der Waals surface area contributed by atoms with E-state index in [1.165, 1.54) is 53.2 Å². The molecule has 2 amide bonds. The fraction of sp³-hybridized carbons (Fsp3) is 0.115. The highest BCUT2D eigenvalue weighted by molar-refractivity contribution is 7.92. The first-order valence-corrected chi connectivity index (χ1v) is 12.6. The molecule has 2 aromatic heterocycles. The Morgan fingerprint density at radius 1 is 1.08 bits per heavy atom. The molecule has 0 unspecified atom stereocenters. The first-order valence-electron chi connectivity index (χ1n) is 11.2. The summed E-state index contributed by atoms with van der Waals surface area (Å²) in [5.74, 6) is 5.41. The van der Waals surface area contributed by atoms with Gasteiger partial charge in [0.25, 0.3) is 10.0 Å². The molecule has 4 aromatic rings. The van der Waals surface area contributed by atoms with Gasteiger partial charge in [-0.3, -0.25) is 14.4 Å². The van der Waals surface area contributed by atoms with Crippen LogP contribution >= 0.6 is 0 Å². The Morgan fingerprint density at radius 2 is 1.89 bits per heavy atom. The first kappa shape index (κ1) is 25.4. The number of carbonyl (C=O) groups is 1. The smallest absolute Gasteiger partial charge is 0.319 e. The normalized spacial score (nSPS) is 10.8. The maximum atomic E-state index is 13.2. The lowest BCUT2D eigenvalue weighted by Crippen LogP contribution is -2.30. The van der Waals surface area contributed by atoms with Crippen molar-refractivity contribution in [2.24, 2.45) is 7.05 Å². The van der Waals surface area contributed by atoms with Crippen molar-refractivity contribution in [2.45, 2.75) is 11.3 Å². The quantitative estimate of drug-likeness (QED) is 0.324. The predicted molar refractivity (Wildman–Crippen MR) is 138 cm³/mol. The highest BCUT2D eigenvalue weighted by atomic mass is 32.2. The van der Waals surface area contributed by atoms with Crippen molar-refractivity contribution in [1.82, 2.24) is 20.1 Å². The van der Waals surface area contributed by atoms with Crippen molar-refractivity contribution in [2.75, 3.05) is 16.6 Å². The minimum atomic E-state index is -4.05. The van der Waals surface area contributed by atoms with E-state index < -0.39 is 21.9 Å². The van der Waals surface area contributed by atoms with Crippen molar-refractivity contribution in [1.29, 1.82) is 0 Å². The molecule has 0 bridgehead atoms. The summed E-state index contributed by atoms with van der Waals surface area (Å²) >= 11 is 0. The first-order chi connectivity index (χ1) is 17.8. The van der Waals surface area contributed by atoms with Crippen LogP contribution in [0.25, 0.3) is 0 Å². The topological polar surface area (TPSA) is 118 Å². The van der Waals surface area contributed by atoms with Gasteiger partial charge in [0, 0.05) is 55.1 Å². The average molecular weight is 519 g/mol. The molecule has 188 valence electrons. The predicted octanol–water partition coefficient (Wildman–Crippen LogP) is 3.52. The number of nitrogens with zero attached hydrogens (tertiary/aromatic N) is 3. The molecule has 0 saturated heterocycles. The number of aryl methyl sites for hydroxylation is 1. The molecule has 0 radical (unpaired) electrons. The van der Waals surface area contributed by atoms with Gasteiger partial charge in [-0.15, -0.1) is 0 Å². The second kappa shape index (κ2) is 11.4. The van der Waals surface area contributed by atoms with Crippen molar-refractivity contribution >= 4 is 27.6 Å². The van der Waals surface area contributed by atoms with E-state index in [4.69, 9.17) is 0 Å². The third kappa shape index (κ3) is 7.16. The maximum Gasteiger partial charge on any atom is 0.319 e. The zero-order valence-electron chi connectivity index (χ0n) is 19.8. The summed E-state index contributed by atoms with van der Waals surface area (Å²) in [7, 11) is -2.39. The molecule has 0 saturated carbocycles. The van der Waals surface area contributed by atoms with Crippen LogP contribution in [0.2, 0.25) is 0 Å². The van der Waals surface area contributed by atoms with Crippen LogP contribution in [0, 0.1) is 17.7 Å². The van der Waals surface area contributed by atoms with Gasteiger partial charge in [-0.2, -0.15) is 5.10 Å². The van der Waals surface area contributed by atoms with E-state index in [0.717, 1.165) is 5.56 Å². The van der Waals surface area contributed by atoms with E-state index in [2.05, 4.69) is 37.3 Å². The zero-order valence-corrected chi connectivity index (χ0v) is 20.6. The molecule has 2 aromatic carbocycles. The molecular weight excluding hydrogens is 495 g/mol. The number of sulfonamides is 1. The lowest BCUT2D eigenvalue weighted by Gasteiger charge is -2.11. The molecule has 2 heterocycles. The van der Waals surface area contributed by atoms with Gasteiger partial charge < -0.3 is 10.6 Å². The summed E-state index contributed by atoms with van der Waals surface area (Å²) in [5.41, 5.74) is 1.96. The van der Waals surface area contributed by atoms with Gasteiger partial charge >= 0.3 is 6.03 Å². The highest BCUT2D eigenvalue weighted by Crippen LogP contribution is 2.22. The largest absolute Gasteiger partial charge is 0.338 e. The van der Waals surface area contributed by atoms with Gasteiger partial charge in [0.05, 0.1) is 0 Å². The number of aromatic nitrogens is 3. The number of hydrogen-bond acceptors (Lipinski definition) is 5. The summed E-state index contributed by atoms with van der Waals surface area (Å²) in [5, 5.41) is 9.49. The molecule has 0 atom stereocenters. The van der Waals surface area contributed by atoms with Crippen molar-refractivity contribution in [3.05, 3.63) is 102 Å². The van der Waals surface area contributed by atoms with Crippen LogP contribution in [-0.4, -0.2) is 35.8 Å². The zero-order chi connectivity index (χ0) is 26.3. The van der Waals surface area contributed by atoms with Crippen LogP contribution < -0.4 is 15.4 Å².